The normalized spacial score (nSPS) is 9.83. The van der Waals surface area contributed by atoms with Crippen molar-refractivity contribution in [1.82, 2.24) is 0 Å². The molecule has 1 heterocycles. The fourth-order valence-corrected chi connectivity index (χ4v) is 0.768. The molecule has 0 aliphatic rings. The van der Waals surface area contributed by atoms with Crippen LogP contribution in [0, 0.1) is 21.1 Å². The van der Waals surface area contributed by atoms with Crippen LogP contribution in [0.15, 0.2) is 12.3 Å². The number of pyridine rings is 1. The van der Waals surface area contributed by atoms with Gasteiger partial charge in [-0.1, -0.05) is 0 Å². The summed E-state index contributed by atoms with van der Waals surface area (Å²) in [6.07, 6.45) is 0.403. The average molecular weight is 193 g/mol. The Hall–Kier alpha value is -1.43. The Morgan fingerprint density at radius 3 is 2.75 bits per heavy atom. The predicted octanol–water partition coefficient (Wildman–Crippen LogP) is 1.02. The first-order valence-corrected chi connectivity index (χ1v) is 3.13. The molecule has 0 N–H and O–H groups in total. The summed E-state index contributed by atoms with van der Waals surface area (Å²) in [5.74, 6) is -1.21. The monoisotopic (exact) mass is 192 g/mol. The Bertz CT molecular complexity index is 344. The van der Waals surface area contributed by atoms with Gasteiger partial charge in [0, 0.05) is 0 Å². The third kappa shape index (κ3) is 1.42. The minimum absolute atomic E-state index is 0.00386. The highest BCUT2D eigenvalue weighted by atomic mass is 35.5. The third-order valence-electron chi connectivity index (χ3n) is 1.14. The van der Waals surface area contributed by atoms with Crippen molar-refractivity contribution in [3.05, 3.63) is 38.6 Å². The maximum absolute atomic E-state index is 12.6. The summed E-state index contributed by atoms with van der Waals surface area (Å²) in [6, 6.07) is 0.657. The number of hydrogen-bond donors (Lipinski definition) is 0. The van der Waals surface area contributed by atoms with Gasteiger partial charge in [0.05, 0.1) is 4.92 Å². The molecule has 0 bridgehead atoms. The van der Waals surface area contributed by atoms with E-state index in [1.165, 1.54) is 0 Å². The van der Waals surface area contributed by atoms with Gasteiger partial charge >= 0.3 is 5.69 Å². The molecular weight excluding hydrogens is 191 g/mol. The van der Waals surface area contributed by atoms with E-state index in [4.69, 9.17) is 11.6 Å². The number of nitrogens with zero attached hydrogens (tertiary/aromatic N) is 2. The second-order valence-corrected chi connectivity index (χ2v) is 2.30. The lowest BCUT2D eigenvalue weighted by atomic mass is 10.4. The molecule has 0 aliphatic carbocycles. The van der Waals surface area contributed by atoms with Crippen molar-refractivity contribution in [3.8, 4) is 0 Å². The zero-order valence-electron chi connectivity index (χ0n) is 5.53. The lowest BCUT2D eigenvalue weighted by molar-refractivity contribution is -0.605. The van der Waals surface area contributed by atoms with Gasteiger partial charge in [0.25, 0.3) is 11.0 Å². The first-order chi connectivity index (χ1) is 5.52. The summed E-state index contributed by atoms with van der Waals surface area (Å²) in [4.78, 5) is 9.12. The van der Waals surface area contributed by atoms with Crippen molar-refractivity contribution in [3.63, 3.8) is 0 Å². The van der Waals surface area contributed by atoms with E-state index in [0.717, 1.165) is 0 Å². The van der Waals surface area contributed by atoms with Crippen LogP contribution in [-0.4, -0.2) is 4.92 Å². The quantitative estimate of drug-likeness (QED) is 0.219. The van der Waals surface area contributed by atoms with Crippen LogP contribution in [-0.2, 0) is 0 Å². The number of hydrogen-bond acceptors (Lipinski definition) is 3. The van der Waals surface area contributed by atoms with Crippen molar-refractivity contribution in [1.29, 1.82) is 0 Å². The van der Waals surface area contributed by atoms with Crippen LogP contribution in [0.25, 0.3) is 0 Å². The smallest absolute Gasteiger partial charge is 0.318 e. The van der Waals surface area contributed by atoms with Crippen LogP contribution in [0.3, 0.4) is 0 Å². The predicted molar refractivity (Wildman–Crippen MR) is 37.0 cm³/mol. The summed E-state index contributed by atoms with van der Waals surface area (Å²) >= 11 is 5.21. The molecule has 0 atom stereocenters. The van der Waals surface area contributed by atoms with Crippen LogP contribution in [0.2, 0.25) is 5.15 Å². The Kier molecular flexibility index (Phi) is 2.09. The average Bonchev–Trinajstić information content (AvgIpc) is 1.96. The fraction of sp³-hybridized carbons (Fsp3) is 0. The molecule has 0 aromatic carbocycles. The largest absolute Gasteiger partial charge is 0.618 e. The molecule has 0 saturated carbocycles. The SMILES string of the molecule is O=[N+]([O-])c1cc(Cl)[n+]([O-])cc1F. The molecule has 0 aliphatic heterocycles. The van der Waals surface area contributed by atoms with Crippen molar-refractivity contribution in [2.75, 3.05) is 0 Å². The van der Waals surface area contributed by atoms with Gasteiger partial charge in [0.2, 0.25) is 6.20 Å². The molecule has 0 saturated heterocycles. The molecule has 1 aromatic heterocycles. The summed E-state index contributed by atoms with van der Waals surface area (Å²) in [5, 5.41) is 20.2. The molecule has 1 rings (SSSR count). The number of halogens is 2. The summed E-state index contributed by atoms with van der Waals surface area (Å²) < 4.78 is 12.6. The molecule has 0 amide bonds. The minimum atomic E-state index is -1.21. The lowest BCUT2D eigenvalue weighted by Crippen LogP contribution is -2.27. The maximum Gasteiger partial charge on any atom is 0.318 e. The molecule has 5 nitrogen and oxygen atoms in total. The van der Waals surface area contributed by atoms with E-state index in [2.05, 4.69) is 0 Å². The van der Waals surface area contributed by atoms with Crippen LogP contribution in [0.5, 0.6) is 0 Å². The Labute approximate surface area is 70.7 Å². The zero-order valence-corrected chi connectivity index (χ0v) is 6.29. The van der Waals surface area contributed by atoms with Crippen molar-refractivity contribution in [2.24, 2.45) is 0 Å². The number of rotatable bonds is 1. The van der Waals surface area contributed by atoms with E-state index < -0.39 is 21.6 Å². The summed E-state index contributed by atoms with van der Waals surface area (Å²) in [5.41, 5.74) is -0.813. The van der Waals surface area contributed by atoms with Crippen LogP contribution in [0.4, 0.5) is 10.1 Å². The standard InChI is InChI=1S/C5H2ClFN2O3/c6-5-1-4(9(11)12)3(7)2-8(5)10/h1-2H. The molecule has 0 radical (unpaired) electrons. The Balaban J connectivity index is 3.33. The van der Waals surface area contributed by atoms with Crippen molar-refractivity contribution >= 4 is 17.3 Å². The summed E-state index contributed by atoms with van der Waals surface area (Å²) in [6.45, 7) is 0. The number of nitro groups is 1. The number of aromatic nitrogens is 1. The Morgan fingerprint density at radius 1 is 1.67 bits per heavy atom. The van der Waals surface area contributed by atoms with E-state index in [-0.39, 0.29) is 4.73 Å². The molecule has 64 valence electrons. The van der Waals surface area contributed by atoms with Gasteiger partial charge in [-0.2, -0.15) is 9.12 Å². The van der Waals surface area contributed by atoms with Crippen LogP contribution in [0.1, 0.15) is 0 Å². The maximum atomic E-state index is 12.6. The van der Waals surface area contributed by atoms with Gasteiger partial charge in [-0.05, 0) is 11.6 Å². The molecule has 12 heavy (non-hydrogen) atoms. The molecule has 0 unspecified atom stereocenters. The van der Waals surface area contributed by atoms with E-state index >= 15 is 0 Å². The summed E-state index contributed by atoms with van der Waals surface area (Å²) in [7, 11) is 0. The molecule has 0 spiro atoms. The van der Waals surface area contributed by atoms with Gasteiger partial charge in [-0.3, -0.25) is 10.1 Å². The van der Waals surface area contributed by atoms with E-state index in [1.54, 1.807) is 0 Å². The molecule has 0 fully saturated rings. The van der Waals surface area contributed by atoms with Gasteiger partial charge in [-0.25, -0.2) is 0 Å². The van der Waals surface area contributed by atoms with Crippen molar-refractivity contribution < 1.29 is 14.0 Å². The van der Waals surface area contributed by atoms with Gasteiger partial charge in [-0.15, -0.1) is 0 Å². The van der Waals surface area contributed by atoms with Gasteiger partial charge in [0.15, 0.2) is 0 Å². The topological polar surface area (TPSA) is 70.1 Å². The van der Waals surface area contributed by atoms with Crippen molar-refractivity contribution in [2.45, 2.75) is 0 Å². The molecule has 7 heteroatoms. The zero-order chi connectivity index (χ0) is 9.30. The molecule has 1 aromatic rings. The second-order valence-electron chi connectivity index (χ2n) is 1.91. The van der Waals surface area contributed by atoms with Gasteiger partial charge in [0.1, 0.15) is 6.07 Å². The first-order valence-electron chi connectivity index (χ1n) is 2.75. The van der Waals surface area contributed by atoms with Crippen LogP contribution < -0.4 is 4.73 Å². The Morgan fingerprint density at radius 2 is 2.25 bits per heavy atom. The van der Waals surface area contributed by atoms with E-state index in [0.29, 0.717) is 12.3 Å². The fourth-order valence-electron chi connectivity index (χ4n) is 0.616. The second kappa shape index (κ2) is 2.90. The first kappa shape index (κ1) is 8.66. The van der Waals surface area contributed by atoms with Crippen LogP contribution >= 0.6 is 11.6 Å². The highest BCUT2D eigenvalue weighted by molar-refractivity contribution is 6.28. The van der Waals surface area contributed by atoms with Gasteiger partial charge < -0.3 is 5.21 Å². The molecular formula is C5H2ClFN2O3. The highest BCUT2D eigenvalue weighted by Crippen LogP contribution is 2.17. The van der Waals surface area contributed by atoms with E-state index in [1.807, 2.05) is 0 Å². The van der Waals surface area contributed by atoms with E-state index in [9.17, 15) is 19.7 Å². The lowest BCUT2D eigenvalue weighted by Gasteiger charge is -1.97. The minimum Gasteiger partial charge on any atom is -0.618 e. The highest BCUT2D eigenvalue weighted by Gasteiger charge is 2.20. The third-order valence-corrected chi connectivity index (χ3v) is 1.41.